The normalized spacial score (nSPS) is 26.6. The van der Waals surface area contributed by atoms with Gasteiger partial charge in [-0.1, -0.05) is 40.0 Å². The number of hydrogen-bond acceptors (Lipinski definition) is 3. The Labute approximate surface area is 136 Å². The van der Waals surface area contributed by atoms with Gasteiger partial charge < -0.3 is 5.32 Å². The summed E-state index contributed by atoms with van der Waals surface area (Å²) >= 11 is 2.10. The molecule has 2 nitrogen and oxygen atoms in total. The van der Waals surface area contributed by atoms with Gasteiger partial charge in [0.2, 0.25) is 0 Å². The molecular formula is C18H36N2S. The van der Waals surface area contributed by atoms with E-state index in [1.54, 1.807) is 0 Å². The van der Waals surface area contributed by atoms with Crippen LogP contribution in [0.1, 0.15) is 65.7 Å². The largest absolute Gasteiger partial charge is 0.308 e. The molecule has 1 N–H and O–H groups in total. The first-order chi connectivity index (χ1) is 10.2. The van der Waals surface area contributed by atoms with Crippen LogP contribution in [-0.4, -0.2) is 47.6 Å². The van der Waals surface area contributed by atoms with E-state index >= 15 is 0 Å². The average Bonchev–Trinajstić information content (AvgIpc) is 2.47. The SMILES string of the molecule is CCSCCCN1CC2(CCCCC2)NCC1CC(C)C. The second kappa shape index (κ2) is 8.79. The van der Waals surface area contributed by atoms with E-state index in [9.17, 15) is 0 Å². The quantitative estimate of drug-likeness (QED) is 0.711. The fourth-order valence-corrected chi connectivity index (χ4v) is 4.77. The van der Waals surface area contributed by atoms with Gasteiger partial charge in [-0.2, -0.15) is 11.8 Å². The van der Waals surface area contributed by atoms with Crippen LogP contribution >= 0.6 is 11.8 Å². The fourth-order valence-electron chi connectivity index (χ4n) is 4.15. The van der Waals surface area contributed by atoms with Crippen LogP contribution in [0.25, 0.3) is 0 Å². The maximum absolute atomic E-state index is 3.97. The zero-order chi connectivity index (χ0) is 15.1. The van der Waals surface area contributed by atoms with E-state index in [-0.39, 0.29) is 0 Å². The monoisotopic (exact) mass is 312 g/mol. The third-order valence-corrected chi connectivity index (χ3v) is 6.21. The highest BCUT2D eigenvalue weighted by atomic mass is 32.2. The number of hydrogen-bond donors (Lipinski definition) is 1. The molecular weight excluding hydrogens is 276 g/mol. The molecule has 2 rings (SSSR count). The number of piperazine rings is 1. The molecule has 0 aromatic rings. The minimum absolute atomic E-state index is 0.462. The van der Waals surface area contributed by atoms with Crippen LogP contribution in [0.3, 0.4) is 0 Å². The van der Waals surface area contributed by atoms with E-state index in [1.165, 1.54) is 76.1 Å². The summed E-state index contributed by atoms with van der Waals surface area (Å²) in [5, 5.41) is 3.97. The summed E-state index contributed by atoms with van der Waals surface area (Å²) < 4.78 is 0. The minimum atomic E-state index is 0.462. The summed E-state index contributed by atoms with van der Waals surface area (Å²) in [6.45, 7) is 10.9. The lowest BCUT2D eigenvalue weighted by Gasteiger charge is -2.50. The van der Waals surface area contributed by atoms with Gasteiger partial charge in [-0.25, -0.2) is 0 Å². The predicted octanol–water partition coefficient (Wildman–Crippen LogP) is 4.15. The number of thioether (sulfide) groups is 1. The Kier molecular flexibility index (Phi) is 7.37. The molecule has 1 aliphatic heterocycles. The van der Waals surface area contributed by atoms with Crippen molar-refractivity contribution in [2.24, 2.45) is 5.92 Å². The molecule has 2 aliphatic rings. The van der Waals surface area contributed by atoms with Crippen molar-refractivity contribution in [2.45, 2.75) is 77.3 Å². The molecule has 124 valence electrons. The fraction of sp³-hybridized carbons (Fsp3) is 1.00. The number of rotatable bonds is 7. The lowest BCUT2D eigenvalue weighted by atomic mass is 9.79. The Hall–Kier alpha value is 0.270. The summed E-state index contributed by atoms with van der Waals surface area (Å²) in [6, 6.07) is 0.768. The summed E-state index contributed by atoms with van der Waals surface area (Å²) in [6.07, 6.45) is 9.84. The van der Waals surface area contributed by atoms with Crippen LogP contribution < -0.4 is 5.32 Å². The Morgan fingerprint density at radius 3 is 2.67 bits per heavy atom. The van der Waals surface area contributed by atoms with Gasteiger partial charge in [0.25, 0.3) is 0 Å². The lowest BCUT2D eigenvalue weighted by molar-refractivity contribution is 0.0473. The third kappa shape index (κ3) is 5.44. The van der Waals surface area contributed by atoms with Gasteiger partial charge >= 0.3 is 0 Å². The molecule has 1 heterocycles. The van der Waals surface area contributed by atoms with Crippen LogP contribution in [0.2, 0.25) is 0 Å². The van der Waals surface area contributed by atoms with Crippen molar-refractivity contribution in [1.29, 1.82) is 0 Å². The summed E-state index contributed by atoms with van der Waals surface area (Å²) in [5.74, 6) is 3.41. The molecule has 1 saturated heterocycles. The van der Waals surface area contributed by atoms with Crippen molar-refractivity contribution in [1.82, 2.24) is 10.2 Å². The first-order valence-corrected chi connectivity index (χ1v) is 10.4. The highest BCUT2D eigenvalue weighted by molar-refractivity contribution is 7.99. The zero-order valence-electron chi connectivity index (χ0n) is 14.5. The smallest absolute Gasteiger partial charge is 0.0309 e. The van der Waals surface area contributed by atoms with E-state index in [0.717, 1.165) is 12.0 Å². The molecule has 1 atom stereocenters. The predicted molar refractivity (Wildman–Crippen MR) is 96.3 cm³/mol. The van der Waals surface area contributed by atoms with Crippen molar-refractivity contribution in [3.63, 3.8) is 0 Å². The van der Waals surface area contributed by atoms with Gasteiger partial charge in [-0.15, -0.1) is 0 Å². The molecule has 21 heavy (non-hydrogen) atoms. The van der Waals surface area contributed by atoms with Crippen LogP contribution in [0.5, 0.6) is 0 Å². The maximum Gasteiger partial charge on any atom is 0.0309 e. The molecule has 2 fully saturated rings. The van der Waals surface area contributed by atoms with E-state index in [1.807, 2.05) is 0 Å². The molecule has 0 bridgehead atoms. The molecule has 1 unspecified atom stereocenters. The molecule has 0 aromatic heterocycles. The lowest BCUT2D eigenvalue weighted by Crippen LogP contribution is -2.65. The Morgan fingerprint density at radius 1 is 1.24 bits per heavy atom. The molecule has 1 aliphatic carbocycles. The number of nitrogens with one attached hydrogen (secondary N) is 1. The van der Waals surface area contributed by atoms with Gasteiger partial charge in [-0.05, 0) is 49.7 Å². The number of nitrogens with zero attached hydrogens (tertiary/aromatic N) is 1. The standard InChI is InChI=1S/C18H36N2S/c1-4-21-12-8-11-20-15-18(9-6-5-7-10-18)19-14-17(20)13-16(2)3/h16-17,19H,4-15H2,1-3H3. The van der Waals surface area contributed by atoms with Crippen molar-refractivity contribution in [3.05, 3.63) is 0 Å². The van der Waals surface area contributed by atoms with Crippen molar-refractivity contribution in [3.8, 4) is 0 Å². The first kappa shape index (κ1) is 17.6. The second-order valence-electron chi connectivity index (χ2n) is 7.53. The van der Waals surface area contributed by atoms with Gasteiger partial charge in [0.1, 0.15) is 0 Å². The molecule has 1 spiro atoms. The van der Waals surface area contributed by atoms with Gasteiger partial charge in [0.15, 0.2) is 0 Å². The van der Waals surface area contributed by atoms with Crippen molar-refractivity contribution in [2.75, 3.05) is 31.1 Å². The van der Waals surface area contributed by atoms with Crippen LogP contribution in [0.4, 0.5) is 0 Å². The molecule has 1 saturated carbocycles. The molecule has 3 heteroatoms. The Bertz CT molecular complexity index is 287. The van der Waals surface area contributed by atoms with Gasteiger partial charge in [-0.3, -0.25) is 4.90 Å². The summed E-state index contributed by atoms with van der Waals surface area (Å²) in [5.41, 5.74) is 0.462. The van der Waals surface area contributed by atoms with Crippen LogP contribution in [-0.2, 0) is 0 Å². The maximum atomic E-state index is 3.97. The Balaban J connectivity index is 1.90. The van der Waals surface area contributed by atoms with Crippen molar-refractivity contribution < 1.29 is 0 Å². The first-order valence-electron chi connectivity index (χ1n) is 9.22. The van der Waals surface area contributed by atoms with Gasteiger partial charge in [0, 0.05) is 24.7 Å². The topological polar surface area (TPSA) is 15.3 Å². The van der Waals surface area contributed by atoms with Crippen LogP contribution in [0.15, 0.2) is 0 Å². The highest BCUT2D eigenvalue weighted by Crippen LogP contribution is 2.33. The molecule has 0 amide bonds. The summed E-state index contributed by atoms with van der Waals surface area (Å²) in [4.78, 5) is 2.85. The van der Waals surface area contributed by atoms with Crippen molar-refractivity contribution >= 4 is 11.8 Å². The van der Waals surface area contributed by atoms with E-state index in [2.05, 4.69) is 42.7 Å². The zero-order valence-corrected chi connectivity index (χ0v) is 15.3. The second-order valence-corrected chi connectivity index (χ2v) is 8.92. The van der Waals surface area contributed by atoms with E-state index in [4.69, 9.17) is 0 Å². The minimum Gasteiger partial charge on any atom is -0.308 e. The van der Waals surface area contributed by atoms with E-state index < -0.39 is 0 Å². The molecule has 0 radical (unpaired) electrons. The Morgan fingerprint density at radius 2 is 2.00 bits per heavy atom. The third-order valence-electron chi connectivity index (χ3n) is 5.23. The van der Waals surface area contributed by atoms with Gasteiger partial charge in [0.05, 0.1) is 0 Å². The molecule has 0 aromatic carbocycles. The van der Waals surface area contributed by atoms with Crippen LogP contribution in [0, 0.1) is 5.92 Å². The highest BCUT2D eigenvalue weighted by Gasteiger charge is 2.39. The van der Waals surface area contributed by atoms with E-state index in [0.29, 0.717) is 5.54 Å². The summed E-state index contributed by atoms with van der Waals surface area (Å²) in [7, 11) is 0. The average molecular weight is 313 g/mol.